The maximum absolute atomic E-state index is 12.6. The van der Waals surface area contributed by atoms with Crippen LogP contribution in [0, 0.1) is 22.7 Å². The van der Waals surface area contributed by atoms with Crippen LogP contribution in [0.3, 0.4) is 0 Å². The fraction of sp³-hybridized carbons (Fsp3) is 0. The molecule has 17 rings (SSSR count). The van der Waals surface area contributed by atoms with E-state index in [9.17, 15) is 10.5 Å². The van der Waals surface area contributed by atoms with E-state index in [4.69, 9.17) is 4.42 Å². The molecule has 0 unspecified atom stereocenters. The normalized spacial score (nSPS) is 12.0. The molecule has 0 saturated heterocycles. The molecule has 0 aliphatic heterocycles. The van der Waals surface area contributed by atoms with E-state index in [2.05, 4.69) is 249 Å². The molecule has 0 bridgehead atoms. The third kappa shape index (κ3) is 5.77. The zero-order valence-electron chi connectivity index (χ0n) is 42.2. The Labute approximate surface area is 450 Å². The minimum Gasteiger partial charge on any atom is -0.456 e. The van der Waals surface area contributed by atoms with E-state index < -0.39 is 0 Å². The van der Waals surface area contributed by atoms with E-state index in [-0.39, 0.29) is 0 Å². The first-order chi connectivity index (χ1) is 39.2. The summed E-state index contributed by atoms with van der Waals surface area (Å²) in [7, 11) is 0. The lowest BCUT2D eigenvalue weighted by atomic mass is 9.97. The molecule has 5 aromatic heterocycles. The van der Waals surface area contributed by atoms with E-state index in [1.54, 1.807) is 0 Å². The number of fused-ring (bicyclic) bond motifs is 17. The van der Waals surface area contributed by atoms with E-state index >= 15 is 0 Å². The molecule has 12 aromatic carbocycles. The molecule has 79 heavy (non-hydrogen) atoms. The minimum absolute atomic E-state index is 0.348. The maximum Gasteiger partial charge on any atom is 0.137 e. The second-order valence-corrected chi connectivity index (χ2v) is 20.5. The molecule has 0 spiro atoms. The molecule has 7 nitrogen and oxygen atoms in total. The number of furan rings is 1. The SMILES string of the molecule is N#Cc1c(-n2c3ccccc3c3ccccc32)c(C#N)c(-n2c3ccccc3c3ccccc32)c(-n2c3ccc(-c4cccc5ccccc45)cc3c3ccc4oc5ccccc5c4c32)c1-n1c2ccccc2c2ccccc21. The van der Waals surface area contributed by atoms with Crippen LogP contribution in [0.15, 0.2) is 247 Å². The van der Waals surface area contributed by atoms with E-state index in [1.165, 1.54) is 0 Å². The second-order valence-electron chi connectivity index (χ2n) is 20.5. The molecular weight excluding hydrogens is 965 g/mol. The summed E-state index contributed by atoms with van der Waals surface area (Å²) in [5.74, 6) is 0. The van der Waals surface area contributed by atoms with Gasteiger partial charge in [0.25, 0.3) is 0 Å². The van der Waals surface area contributed by atoms with Gasteiger partial charge in [-0.1, -0.05) is 176 Å². The first-order valence-corrected chi connectivity index (χ1v) is 26.6. The highest BCUT2D eigenvalue weighted by Crippen LogP contribution is 2.51. The van der Waals surface area contributed by atoms with Crippen molar-refractivity contribution in [3.8, 4) is 46.0 Å². The molecule has 0 amide bonds. The van der Waals surface area contributed by atoms with E-state index in [0.717, 1.165) is 131 Å². The summed E-state index contributed by atoms with van der Waals surface area (Å²) in [6, 6.07) is 90.8. The zero-order valence-corrected chi connectivity index (χ0v) is 42.2. The summed E-state index contributed by atoms with van der Waals surface area (Å²) < 4.78 is 16.0. The van der Waals surface area contributed by atoms with Gasteiger partial charge in [0.1, 0.15) is 34.4 Å². The van der Waals surface area contributed by atoms with Crippen LogP contribution < -0.4 is 0 Å². The van der Waals surface area contributed by atoms with Crippen LogP contribution in [0.4, 0.5) is 0 Å². The van der Waals surface area contributed by atoms with Gasteiger partial charge >= 0.3 is 0 Å². The quantitative estimate of drug-likeness (QED) is 0.172. The van der Waals surface area contributed by atoms with Crippen molar-refractivity contribution in [2.45, 2.75) is 0 Å². The van der Waals surface area contributed by atoms with Crippen molar-refractivity contribution < 1.29 is 4.42 Å². The Morgan fingerprint density at radius 1 is 0.291 bits per heavy atom. The molecule has 0 aliphatic rings. The molecule has 0 aliphatic carbocycles. The van der Waals surface area contributed by atoms with Gasteiger partial charge in [0.2, 0.25) is 0 Å². The number of hydrogen-bond acceptors (Lipinski definition) is 3. The molecule has 5 heterocycles. The Morgan fingerprint density at radius 3 is 1.22 bits per heavy atom. The Morgan fingerprint density at radius 2 is 0.709 bits per heavy atom. The fourth-order valence-electron chi connectivity index (χ4n) is 13.5. The highest BCUT2D eigenvalue weighted by atomic mass is 16.3. The third-order valence-electron chi connectivity index (χ3n) is 16.6. The first kappa shape index (κ1) is 43.2. The van der Waals surface area contributed by atoms with Crippen molar-refractivity contribution >= 4 is 120 Å². The molecular formula is C72H40N6O. The average molecular weight is 1010 g/mol. The van der Waals surface area contributed by atoms with Crippen molar-refractivity contribution in [2.75, 3.05) is 0 Å². The molecule has 0 fully saturated rings. The predicted octanol–water partition coefficient (Wildman–Crippen LogP) is 18.5. The van der Waals surface area contributed by atoms with Gasteiger partial charge in [0, 0.05) is 48.5 Å². The Kier molecular flexibility index (Phi) is 8.85. The predicted molar refractivity (Wildman–Crippen MR) is 323 cm³/mol. The Bertz CT molecular complexity index is 5290. The van der Waals surface area contributed by atoms with Gasteiger partial charge in [-0.05, 0) is 88.6 Å². The third-order valence-corrected chi connectivity index (χ3v) is 16.6. The van der Waals surface area contributed by atoms with E-state index in [1.807, 2.05) is 24.3 Å². The number of hydrogen-bond donors (Lipinski definition) is 0. The minimum atomic E-state index is 0.348. The molecule has 7 heteroatoms. The monoisotopic (exact) mass is 1000 g/mol. The van der Waals surface area contributed by atoms with Crippen LogP contribution in [-0.2, 0) is 0 Å². The zero-order chi connectivity index (χ0) is 52.0. The summed E-state index contributed by atoms with van der Waals surface area (Å²) >= 11 is 0. The number of rotatable bonds is 5. The van der Waals surface area contributed by atoms with Crippen LogP contribution in [0.1, 0.15) is 11.1 Å². The van der Waals surface area contributed by atoms with Crippen molar-refractivity contribution in [1.29, 1.82) is 10.5 Å². The van der Waals surface area contributed by atoms with Gasteiger partial charge in [-0.25, -0.2) is 0 Å². The molecule has 0 radical (unpaired) electrons. The lowest BCUT2D eigenvalue weighted by Gasteiger charge is -2.27. The van der Waals surface area contributed by atoms with Gasteiger partial charge < -0.3 is 22.7 Å². The van der Waals surface area contributed by atoms with Gasteiger partial charge in [0.15, 0.2) is 0 Å². The van der Waals surface area contributed by atoms with Gasteiger partial charge in [0.05, 0.1) is 72.3 Å². The molecule has 364 valence electrons. The van der Waals surface area contributed by atoms with Gasteiger partial charge in [-0.15, -0.1) is 0 Å². The summed E-state index contributed by atoms with van der Waals surface area (Å²) in [6.45, 7) is 0. The molecule has 0 saturated carbocycles. The van der Waals surface area contributed by atoms with Crippen molar-refractivity contribution in [2.24, 2.45) is 0 Å². The fourth-order valence-corrected chi connectivity index (χ4v) is 13.5. The van der Waals surface area contributed by atoms with Gasteiger partial charge in [-0.3, -0.25) is 0 Å². The van der Waals surface area contributed by atoms with Crippen LogP contribution in [-0.4, -0.2) is 18.3 Å². The lowest BCUT2D eigenvalue weighted by molar-refractivity contribution is 0.669. The van der Waals surface area contributed by atoms with Crippen LogP contribution in [0.2, 0.25) is 0 Å². The first-order valence-electron chi connectivity index (χ1n) is 26.6. The molecule has 0 atom stereocenters. The Balaban J connectivity index is 1.19. The highest BCUT2D eigenvalue weighted by molar-refractivity contribution is 6.26. The largest absolute Gasteiger partial charge is 0.456 e. The molecule has 17 aromatic rings. The highest BCUT2D eigenvalue weighted by Gasteiger charge is 2.35. The Hall–Kier alpha value is -11.1. The second kappa shape index (κ2) is 16.2. The van der Waals surface area contributed by atoms with Crippen molar-refractivity contribution in [1.82, 2.24) is 18.3 Å². The number of para-hydroxylation sites is 7. The summed E-state index contributed by atoms with van der Waals surface area (Å²) in [5, 5.41) is 37.7. The maximum atomic E-state index is 12.6. The van der Waals surface area contributed by atoms with Crippen LogP contribution >= 0.6 is 0 Å². The van der Waals surface area contributed by atoms with Crippen LogP contribution in [0.5, 0.6) is 0 Å². The number of nitriles is 2. The van der Waals surface area contributed by atoms with Crippen molar-refractivity contribution in [3.05, 3.63) is 254 Å². The van der Waals surface area contributed by atoms with Crippen molar-refractivity contribution in [3.63, 3.8) is 0 Å². The number of aromatic nitrogens is 4. The van der Waals surface area contributed by atoms with E-state index in [0.29, 0.717) is 33.9 Å². The number of nitrogens with zero attached hydrogens (tertiary/aromatic N) is 6. The van der Waals surface area contributed by atoms with Gasteiger partial charge in [-0.2, -0.15) is 10.5 Å². The summed E-state index contributed by atoms with van der Waals surface area (Å²) in [5.41, 5.74) is 14.1. The number of benzene rings is 12. The smallest absolute Gasteiger partial charge is 0.137 e. The summed E-state index contributed by atoms with van der Waals surface area (Å²) in [4.78, 5) is 0. The lowest BCUT2D eigenvalue weighted by Crippen LogP contribution is -2.17. The topological polar surface area (TPSA) is 80.4 Å². The van der Waals surface area contributed by atoms with Crippen LogP contribution in [0.25, 0.3) is 154 Å². The standard InChI is InChI=1S/C72H40N6O/c73-41-56-68(75-58-29-10-3-21-47(58)48-22-4-11-30-59(48)75)57(42-74)71(77-62-33-14-7-25-51(62)52-26-8-15-34-63(52)77)72(70(56)76-60-31-12-5-23-49(60)50-24-6-13-32-61(50)76)78-64-38-36-44(46-28-17-19-43-18-1-2-20-45(43)46)40-55(64)53-37-39-66-67(69(53)78)54-27-9-16-35-65(54)79-66/h1-40H. The summed E-state index contributed by atoms with van der Waals surface area (Å²) in [6.07, 6.45) is 0. The molecule has 0 N–H and O–H groups in total. The average Bonchev–Trinajstić information content (AvgIpc) is 3.11.